The molecule has 0 aliphatic rings. The average Bonchev–Trinajstić information content (AvgIpc) is 2.67. The largest absolute Gasteiger partial charge is 0.478 e. The number of carboxylic acids is 1. The number of pyridine rings is 1. The summed E-state index contributed by atoms with van der Waals surface area (Å²) in [6.07, 6.45) is 2.47. The summed E-state index contributed by atoms with van der Waals surface area (Å²) in [6, 6.07) is 1.24. The summed E-state index contributed by atoms with van der Waals surface area (Å²) in [4.78, 5) is 28.8. The molecule has 0 unspecified atom stereocenters. The van der Waals surface area contributed by atoms with Crippen LogP contribution in [0.5, 0.6) is 11.6 Å². The Balaban J connectivity index is 2.50. The third-order valence-corrected chi connectivity index (χ3v) is 2.64. The highest BCUT2D eigenvalue weighted by Crippen LogP contribution is 2.32. The van der Waals surface area contributed by atoms with Crippen LogP contribution in [0.4, 0.5) is 5.82 Å². The number of nitro groups is 1. The molecule has 0 fully saturated rings. The van der Waals surface area contributed by atoms with Crippen LogP contribution in [0.1, 0.15) is 16.2 Å². The minimum absolute atomic E-state index is 0.0916. The van der Waals surface area contributed by atoms with Gasteiger partial charge in [-0.05, 0) is 16.0 Å². The highest BCUT2D eigenvalue weighted by atomic mass is 16.6. The molecule has 2 rings (SSSR count). The van der Waals surface area contributed by atoms with E-state index in [1.165, 1.54) is 30.1 Å². The molecular weight excluding hydrogens is 268 g/mol. The minimum Gasteiger partial charge on any atom is -0.478 e. The van der Waals surface area contributed by atoms with Crippen molar-refractivity contribution in [3.05, 3.63) is 40.0 Å². The monoisotopic (exact) mass is 278 g/mol. The van der Waals surface area contributed by atoms with Gasteiger partial charge in [-0.1, -0.05) is 0 Å². The SMILES string of the molecule is Cc1nc([N+](=O)[O-])c(Oc2cnccc2C(=O)O)n1C. The van der Waals surface area contributed by atoms with Crippen molar-refractivity contribution in [3.63, 3.8) is 0 Å². The lowest BCUT2D eigenvalue weighted by atomic mass is 10.2. The maximum absolute atomic E-state index is 11.1. The van der Waals surface area contributed by atoms with Crippen molar-refractivity contribution in [1.82, 2.24) is 14.5 Å². The maximum atomic E-state index is 11.1. The number of aromatic nitrogens is 3. The number of rotatable bonds is 4. The molecule has 0 bridgehead atoms. The van der Waals surface area contributed by atoms with E-state index in [4.69, 9.17) is 9.84 Å². The van der Waals surface area contributed by atoms with Crippen molar-refractivity contribution >= 4 is 11.8 Å². The molecule has 20 heavy (non-hydrogen) atoms. The van der Waals surface area contributed by atoms with Crippen LogP contribution in [0.15, 0.2) is 18.5 Å². The first-order valence-corrected chi connectivity index (χ1v) is 5.44. The van der Waals surface area contributed by atoms with E-state index in [0.29, 0.717) is 5.82 Å². The standard InChI is InChI=1S/C11H10N4O5/c1-6-13-9(15(18)19)10(14(6)2)20-8-5-12-4-3-7(8)11(16)17/h3-5H,1-2H3,(H,16,17). The van der Waals surface area contributed by atoms with E-state index in [1.807, 2.05) is 0 Å². The molecule has 0 radical (unpaired) electrons. The van der Waals surface area contributed by atoms with Crippen molar-refractivity contribution in [2.45, 2.75) is 6.92 Å². The van der Waals surface area contributed by atoms with Gasteiger partial charge in [0.15, 0.2) is 5.75 Å². The number of nitrogens with zero attached hydrogens (tertiary/aromatic N) is 4. The quantitative estimate of drug-likeness (QED) is 0.664. The Bertz CT molecular complexity index is 694. The van der Waals surface area contributed by atoms with Gasteiger partial charge in [0, 0.05) is 20.2 Å². The molecule has 9 heteroatoms. The van der Waals surface area contributed by atoms with E-state index in [1.54, 1.807) is 6.92 Å². The van der Waals surface area contributed by atoms with Gasteiger partial charge in [0.1, 0.15) is 5.56 Å². The Kier molecular flexibility index (Phi) is 3.34. The van der Waals surface area contributed by atoms with Gasteiger partial charge in [-0.3, -0.25) is 9.55 Å². The predicted octanol–water partition coefficient (Wildman–Crippen LogP) is 1.52. The second-order valence-electron chi connectivity index (χ2n) is 3.88. The number of carboxylic acid groups (broad SMARTS) is 1. The maximum Gasteiger partial charge on any atom is 0.427 e. The van der Waals surface area contributed by atoms with Crippen LogP contribution in [-0.4, -0.2) is 30.5 Å². The van der Waals surface area contributed by atoms with Gasteiger partial charge in [-0.25, -0.2) is 4.79 Å². The zero-order valence-corrected chi connectivity index (χ0v) is 10.6. The Morgan fingerprint density at radius 2 is 2.25 bits per heavy atom. The van der Waals surface area contributed by atoms with Gasteiger partial charge in [0.25, 0.3) is 0 Å². The lowest BCUT2D eigenvalue weighted by Crippen LogP contribution is -2.03. The van der Waals surface area contributed by atoms with Crippen molar-refractivity contribution in [2.24, 2.45) is 7.05 Å². The second-order valence-corrected chi connectivity index (χ2v) is 3.88. The first-order chi connectivity index (χ1) is 9.41. The second kappa shape index (κ2) is 4.96. The lowest BCUT2D eigenvalue weighted by Gasteiger charge is -2.07. The topological polar surface area (TPSA) is 120 Å². The van der Waals surface area contributed by atoms with E-state index in [9.17, 15) is 14.9 Å². The average molecular weight is 278 g/mol. The number of carbonyl (C=O) groups is 1. The van der Waals surface area contributed by atoms with Crippen LogP contribution in [0, 0.1) is 17.0 Å². The van der Waals surface area contributed by atoms with Crippen LogP contribution in [0.3, 0.4) is 0 Å². The summed E-state index contributed by atoms with van der Waals surface area (Å²) in [5, 5.41) is 19.9. The van der Waals surface area contributed by atoms with Crippen molar-refractivity contribution in [2.75, 3.05) is 0 Å². The minimum atomic E-state index is -1.22. The zero-order valence-electron chi connectivity index (χ0n) is 10.6. The van der Waals surface area contributed by atoms with Crippen molar-refractivity contribution in [1.29, 1.82) is 0 Å². The van der Waals surface area contributed by atoms with Crippen molar-refractivity contribution < 1.29 is 19.6 Å². The summed E-state index contributed by atoms with van der Waals surface area (Å²) < 4.78 is 6.69. The molecule has 0 atom stereocenters. The van der Waals surface area contributed by atoms with Crippen LogP contribution >= 0.6 is 0 Å². The molecule has 0 aliphatic heterocycles. The fourth-order valence-corrected chi connectivity index (χ4v) is 1.55. The fourth-order valence-electron chi connectivity index (χ4n) is 1.55. The third-order valence-electron chi connectivity index (χ3n) is 2.64. The predicted molar refractivity (Wildman–Crippen MR) is 65.9 cm³/mol. The smallest absolute Gasteiger partial charge is 0.427 e. The molecule has 2 aromatic heterocycles. The molecule has 104 valence electrons. The molecule has 0 saturated carbocycles. The summed E-state index contributed by atoms with van der Waals surface area (Å²) in [6.45, 7) is 1.57. The molecule has 9 nitrogen and oxygen atoms in total. The number of imidazole rings is 1. The third kappa shape index (κ3) is 2.28. The van der Waals surface area contributed by atoms with Gasteiger partial charge in [-0.2, -0.15) is 0 Å². The van der Waals surface area contributed by atoms with Crippen LogP contribution in [-0.2, 0) is 7.05 Å². The molecular formula is C11H10N4O5. The summed E-state index contributed by atoms with van der Waals surface area (Å²) in [5.41, 5.74) is -0.145. The first kappa shape index (κ1) is 13.5. The number of hydrogen-bond donors (Lipinski definition) is 1. The number of aromatic carboxylic acids is 1. The van der Waals surface area contributed by atoms with Gasteiger partial charge in [0.05, 0.1) is 6.20 Å². The van der Waals surface area contributed by atoms with E-state index in [0.717, 1.165) is 0 Å². The number of hydrogen-bond acceptors (Lipinski definition) is 6. The Morgan fingerprint density at radius 3 is 2.85 bits per heavy atom. The molecule has 2 aromatic rings. The molecule has 0 aliphatic carbocycles. The molecule has 0 spiro atoms. The van der Waals surface area contributed by atoms with Gasteiger partial charge in [0.2, 0.25) is 5.82 Å². The summed E-state index contributed by atoms with van der Waals surface area (Å²) in [7, 11) is 1.53. The fraction of sp³-hybridized carbons (Fsp3) is 0.182. The highest BCUT2D eigenvalue weighted by Gasteiger charge is 2.27. The summed E-state index contributed by atoms with van der Waals surface area (Å²) >= 11 is 0. The normalized spacial score (nSPS) is 10.3. The Labute approximate surface area is 112 Å². The van der Waals surface area contributed by atoms with Gasteiger partial charge < -0.3 is 20.0 Å². The molecule has 0 amide bonds. The highest BCUT2D eigenvalue weighted by molar-refractivity contribution is 5.90. The van der Waals surface area contributed by atoms with Crippen LogP contribution in [0.2, 0.25) is 0 Å². The zero-order chi connectivity index (χ0) is 14.9. The molecule has 0 aromatic carbocycles. The van der Waals surface area contributed by atoms with Crippen molar-refractivity contribution in [3.8, 4) is 11.6 Å². The van der Waals surface area contributed by atoms with Gasteiger partial charge >= 0.3 is 17.7 Å². The van der Waals surface area contributed by atoms with Crippen LogP contribution < -0.4 is 4.74 Å². The molecule has 1 N–H and O–H groups in total. The van der Waals surface area contributed by atoms with E-state index in [-0.39, 0.29) is 17.2 Å². The first-order valence-electron chi connectivity index (χ1n) is 5.44. The van der Waals surface area contributed by atoms with E-state index in [2.05, 4.69) is 9.97 Å². The Hall–Kier alpha value is -2.97. The van der Waals surface area contributed by atoms with E-state index < -0.39 is 16.7 Å². The lowest BCUT2D eigenvalue weighted by molar-refractivity contribution is -0.390. The van der Waals surface area contributed by atoms with E-state index >= 15 is 0 Å². The molecule has 0 saturated heterocycles. The number of aryl methyl sites for hydroxylation is 1. The molecule has 2 heterocycles. The van der Waals surface area contributed by atoms with Gasteiger partial charge in [-0.15, -0.1) is 0 Å². The Morgan fingerprint density at radius 1 is 1.55 bits per heavy atom. The van der Waals surface area contributed by atoms with Crippen LogP contribution in [0.25, 0.3) is 0 Å². The number of ether oxygens (including phenoxy) is 1. The summed E-state index contributed by atoms with van der Waals surface area (Å²) in [5.74, 6) is -1.57.